The number of aliphatic hydroxyl groups is 2. The standard InChI is InChI=1S/C19H18O7/c20-15-14(11-24-17(21)12-7-3-1-4-8-12)25-19(23)16(15)26-18(22)13-9-5-2-6-10-13/h1-10,14-16,19-20,23H,11H2/t14-,15+,16-,19-/m1/s1. The van der Waals surface area contributed by atoms with Gasteiger partial charge in [0.1, 0.15) is 18.8 Å². The highest BCUT2D eigenvalue weighted by Gasteiger charge is 2.46. The van der Waals surface area contributed by atoms with E-state index in [0.29, 0.717) is 5.56 Å². The predicted molar refractivity (Wildman–Crippen MR) is 89.3 cm³/mol. The SMILES string of the molecule is O=C(OC[C@H]1O[C@@H](O)[C@H](OC(=O)c2ccccc2)[C@H]1O)c1ccccc1. The van der Waals surface area contributed by atoms with E-state index in [1.807, 2.05) is 0 Å². The van der Waals surface area contributed by atoms with Gasteiger partial charge in [0.15, 0.2) is 12.4 Å². The number of carbonyl (C=O) groups is 2. The minimum atomic E-state index is -1.52. The molecule has 0 aliphatic carbocycles. The summed E-state index contributed by atoms with van der Waals surface area (Å²) < 4.78 is 15.4. The Morgan fingerprint density at radius 2 is 1.42 bits per heavy atom. The Bertz CT molecular complexity index is 747. The van der Waals surface area contributed by atoms with E-state index < -0.39 is 36.5 Å². The van der Waals surface area contributed by atoms with E-state index in [9.17, 15) is 19.8 Å². The fourth-order valence-electron chi connectivity index (χ4n) is 2.56. The zero-order valence-corrected chi connectivity index (χ0v) is 13.7. The monoisotopic (exact) mass is 358 g/mol. The van der Waals surface area contributed by atoms with Gasteiger partial charge < -0.3 is 24.4 Å². The molecular formula is C19H18O7. The third-order valence-corrected chi connectivity index (χ3v) is 3.95. The maximum atomic E-state index is 12.1. The third-order valence-electron chi connectivity index (χ3n) is 3.95. The summed E-state index contributed by atoms with van der Waals surface area (Å²) in [5.41, 5.74) is 0.637. The summed E-state index contributed by atoms with van der Waals surface area (Å²) >= 11 is 0. The quantitative estimate of drug-likeness (QED) is 0.773. The van der Waals surface area contributed by atoms with E-state index in [2.05, 4.69) is 0 Å². The van der Waals surface area contributed by atoms with Crippen LogP contribution in [0.25, 0.3) is 0 Å². The summed E-state index contributed by atoms with van der Waals surface area (Å²) in [5, 5.41) is 20.2. The number of esters is 2. The number of rotatable bonds is 5. The molecule has 0 spiro atoms. The maximum absolute atomic E-state index is 12.1. The Kier molecular flexibility index (Phi) is 5.62. The van der Waals surface area contributed by atoms with Crippen LogP contribution in [0.4, 0.5) is 0 Å². The lowest BCUT2D eigenvalue weighted by Gasteiger charge is -2.18. The second-order valence-electron chi connectivity index (χ2n) is 5.76. The molecule has 0 bridgehead atoms. The molecule has 2 N–H and O–H groups in total. The Balaban J connectivity index is 1.56. The van der Waals surface area contributed by atoms with Crippen molar-refractivity contribution in [3.8, 4) is 0 Å². The molecule has 2 aromatic rings. The fraction of sp³-hybridized carbons (Fsp3) is 0.263. The predicted octanol–water partition coefficient (Wildman–Crippen LogP) is 1.15. The van der Waals surface area contributed by atoms with Gasteiger partial charge in [0.05, 0.1) is 11.1 Å². The van der Waals surface area contributed by atoms with Gasteiger partial charge in [-0.25, -0.2) is 9.59 Å². The van der Waals surface area contributed by atoms with Crippen molar-refractivity contribution in [2.24, 2.45) is 0 Å². The van der Waals surface area contributed by atoms with Gasteiger partial charge in [-0.1, -0.05) is 36.4 Å². The number of ether oxygens (including phenoxy) is 3. The summed E-state index contributed by atoms with van der Waals surface area (Å²) in [6.07, 6.45) is -5.13. The number of aliphatic hydroxyl groups excluding tert-OH is 2. The molecule has 0 unspecified atom stereocenters. The zero-order valence-electron chi connectivity index (χ0n) is 13.7. The minimum absolute atomic E-state index is 0.283. The summed E-state index contributed by atoms with van der Waals surface area (Å²) in [6, 6.07) is 16.5. The Morgan fingerprint density at radius 1 is 0.885 bits per heavy atom. The molecular weight excluding hydrogens is 340 g/mol. The van der Waals surface area contributed by atoms with Gasteiger partial charge >= 0.3 is 11.9 Å². The van der Waals surface area contributed by atoms with E-state index >= 15 is 0 Å². The van der Waals surface area contributed by atoms with Gasteiger partial charge in [-0.05, 0) is 24.3 Å². The number of carbonyl (C=O) groups excluding carboxylic acids is 2. The van der Waals surface area contributed by atoms with E-state index in [-0.39, 0.29) is 12.2 Å². The molecule has 1 heterocycles. The van der Waals surface area contributed by atoms with Crippen molar-refractivity contribution in [3.05, 3.63) is 71.8 Å². The van der Waals surface area contributed by atoms with Crippen molar-refractivity contribution < 1.29 is 34.0 Å². The van der Waals surface area contributed by atoms with E-state index in [4.69, 9.17) is 14.2 Å². The van der Waals surface area contributed by atoms with E-state index in [1.165, 1.54) is 0 Å². The van der Waals surface area contributed by atoms with Crippen LogP contribution in [-0.4, -0.2) is 53.4 Å². The molecule has 0 radical (unpaired) electrons. The first-order valence-electron chi connectivity index (χ1n) is 8.06. The van der Waals surface area contributed by atoms with Crippen molar-refractivity contribution in [2.75, 3.05) is 6.61 Å². The molecule has 3 rings (SSSR count). The normalized spacial score (nSPS) is 24.8. The minimum Gasteiger partial charge on any atom is -0.459 e. The van der Waals surface area contributed by atoms with Crippen LogP contribution in [0.5, 0.6) is 0 Å². The Morgan fingerprint density at radius 3 is 2.00 bits per heavy atom. The molecule has 7 heteroatoms. The molecule has 0 saturated carbocycles. The van der Waals surface area contributed by atoms with Crippen LogP contribution in [0.1, 0.15) is 20.7 Å². The largest absolute Gasteiger partial charge is 0.459 e. The zero-order chi connectivity index (χ0) is 18.5. The molecule has 1 aliphatic rings. The Hall–Kier alpha value is -2.74. The molecule has 0 amide bonds. The van der Waals surface area contributed by atoms with Crippen LogP contribution in [0.3, 0.4) is 0 Å². The van der Waals surface area contributed by atoms with Crippen LogP contribution in [-0.2, 0) is 14.2 Å². The number of hydrogen-bond acceptors (Lipinski definition) is 7. The van der Waals surface area contributed by atoms with Crippen LogP contribution >= 0.6 is 0 Å². The lowest BCUT2D eigenvalue weighted by atomic mass is 10.1. The van der Waals surface area contributed by atoms with E-state index in [0.717, 1.165) is 0 Å². The van der Waals surface area contributed by atoms with Gasteiger partial charge in [-0.3, -0.25) is 0 Å². The number of benzene rings is 2. The van der Waals surface area contributed by atoms with Gasteiger partial charge in [0.2, 0.25) is 0 Å². The smallest absolute Gasteiger partial charge is 0.338 e. The molecule has 4 atom stereocenters. The summed E-state index contributed by atoms with van der Waals surface area (Å²) in [6.45, 7) is -0.286. The van der Waals surface area contributed by atoms with Crippen molar-refractivity contribution in [1.29, 1.82) is 0 Å². The Labute approximate surface area is 149 Å². The topological polar surface area (TPSA) is 102 Å². The summed E-state index contributed by atoms with van der Waals surface area (Å²) in [7, 11) is 0. The molecule has 7 nitrogen and oxygen atoms in total. The molecule has 0 aromatic heterocycles. The molecule has 2 aromatic carbocycles. The van der Waals surface area contributed by atoms with Crippen LogP contribution in [0.2, 0.25) is 0 Å². The van der Waals surface area contributed by atoms with Crippen molar-refractivity contribution in [1.82, 2.24) is 0 Å². The van der Waals surface area contributed by atoms with E-state index in [1.54, 1.807) is 60.7 Å². The molecule has 1 aliphatic heterocycles. The molecule has 1 fully saturated rings. The second-order valence-corrected chi connectivity index (χ2v) is 5.76. The van der Waals surface area contributed by atoms with Gasteiger partial charge in [0, 0.05) is 0 Å². The number of hydrogen-bond donors (Lipinski definition) is 2. The van der Waals surface area contributed by atoms with Gasteiger partial charge in [-0.15, -0.1) is 0 Å². The van der Waals surface area contributed by atoms with Gasteiger partial charge in [0.25, 0.3) is 0 Å². The second kappa shape index (κ2) is 8.09. The maximum Gasteiger partial charge on any atom is 0.338 e. The summed E-state index contributed by atoms with van der Waals surface area (Å²) in [5.74, 6) is -1.28. The first-order valence-corrected chi connectivity index (χ1v) is 8.06. The summed E-state index contributed by atoms with van der Waals surface area (Å²) in [4.78, 5) is 24.0. The molecule has 26 heavy (non-hydrogen) atoms. The van der Waals surface area contributed by atoms with Crippen LogP contribution in [0.15, 0.2) is 60.7 Å². The lowest BCUT2D eigenvalue weighted by molar-refractivity contribution is -0.135. The lowest BCUT2D eigenvalue weighted by Crippen LogP contribution is -2.38. The van der Waals surface area contributed by atoms with Crippen LogP contribution < -0.4 is 0 Å². The average Bonchev–Trinajstić information content (AvgIpc) is 2.95. The molecule has 136 valence electrons. The van der Waals surface area contributed by atoms with Crippen molar-refractivity contribution in [3.63, 3.8) is 0 Å². The van der Waals surface area contributed by atoms with Crippen LogP contribution in [0, 0.1) is 0 Å². The third kappa shape index (κ3) is 4.08. The van der Waals surface area contributed by atoms with Crippen molar-refractivity contribution >= 4 is 11.9 Å². The highest BCUT2D eigenvalue weighted by atomic mass is 16.7. The van der Waals surface area contributed by atoms with Crippen molar-refractivity contribution in [2.45, 2.75) is 24.6 Å². The first kappa shape index (κ1) is 18.1. The van der Waals surface area contributed by atoms with Gasteiger partial charge in [-0.2, -0.15) is 0 Å². The highest BCUT2D eigenvalue weighted by Crippen LogP contribution is 2.24. The molecule has 1 saturated heterocycles. The average molecular weight is 358 g/mol. The first-order chi connectivity index (χ1) is 12.6. The fourth-order valence-corrected chi connectivity index (χ4v) is 2.56. The highest BCUT2D eigenvalue weighted by molar-refractivity contribution is 5.89.